The molecule has 1 fully saturated rings. The number of hydrogen-bond donors (Lipinski definition) is 1. The Morgan fingerprint density at radius 3 is 2.67 bits per heavy atom. The van der Waals surface area contributed by atoms with E-state index in [-0.39, 0.29) is 6.10 Å². The summed E-state index contributed by atoms with van der Waals surface area (Å²) >= 11 is 1.83. The van der Waals surface area contributed by atoms with Crippen molar-refractivity contribution in [2.45, 2.75) is 25.5 Å². The summed E-state index contributed by atoms with van der Waals surface area (Å²) in [5.41, 5.74) is 0. The van der Waals surface area contributed by atoms with Crippen LogP contribution in [0.4, 0.5) is 0 Å². The van der Waals surface area contributed by atoms with Crippen molar-refractivity contribution in [3.63, 3.8) is 0 Å². The van der Waals surface area contributed by atoms with E-state index >= 15 is 0 Å². The van der Waals surface area contributed by atoms with Crippen LogP contribution in [0.5, 0.6) is 0 Å². The maximum absolute atomic E-state index is 9.08. The van der Waals surface area contributed by atoms with Gasteiger partial charge in [-0.25, -0.2) is 3.17 Å². The average Bonchev–Trinajstić information content (AvgIpc) is 2.10. The van der Waals surface area contributed by atoms with Gasteiger partial charge in [0.25, 0.3) is 0 Å². The number of aliphatic hydroxyl groups is 1. The summed E-state index contributed by atoms with van der Waals surface area (Å²) in [7, 11) is 0. The van der Waals surface area contributed by atoms with Crippen LogP contribution in [0.25, 0.3) is 0 Å². The zero-order chi connectivity index (χ0) is 6.85. The second-order valence-corrected chi connectivity index (χ2v) is 2.80. The predicted octanol–water partition coefficient (Wildman–Crippen LogP) is 0.723. The minimum atomic E-state index is -0.199. The SMILES string of the molecule is CC1CC(O)CN1OI. The molecule has 3 nitrogen and oxygen atoms in total. The molecule has 4 heteroatoms. The zero-order valence-corrected chi connectivity index (χ0v) is 7.41. The second kappa shape index (κ2) is 3.14. The highest BCUT2D eigenvalue weighted by atomic mass is 127. The maximum Gasteiger partial charge on any atom is 0.137 e. The van der Waals surface area contributed by atoms with Gasteiger partial charge in [-0.2, -0.15) is 5.06 Å². The van der Waals surface area contributed by atoms with Gasteiger partial charge in [0.05, 0.1) is 12.6 Å². The van der Waals surface area contributed by atoms with Crippen molar-refractivity contribution in [2.75, 3.05) is 6.54 Å². The molecule has 2 unspecified atom stereocenters. The molecule has 0 aromatic heterocycles. The van der Waals surface area contributed by atoms with Gasteiger partial charge >= 0.3 is 0 Å². The van der Waals surface area contributed by atoms with E-state index in [0.717, 1.165) is 6.42 Å². The first-order chi connectivity index (χ1) is 4.24. The number of hydroxylamine groups is 2. The van der Waals surface area contributed by atoms with Crippen molar-refractivity contribution in [1.82, 2.24) is 5.06 Å². The number of rotatable bonds is 1. The monoisotopic (exact) mass is 243 g/mol. The fraction of sp³-hybridized carbons (Fsp3) is 1.00. The van der Waals surface area contributed by atoms with Gasteiger partial charge < -0.3 is 5.11 Å². The molecule has 0 spiro atoms. The fourth-order valence-electron chi connectivity index (χ4n) is 1.07. The van der Waals surface area contributed by atoms with E-state index < -0.39 is 0 Å². The molecule has 1 aliphatic heterocycles. The van der Waals surface area contributed by atoms with E-state index in [1.54, 1.807) is 5.06 Å². The van der Waals surface area contributed by atoms with Gasteiger partial charge in [-0.1, -0.05) is 0 Å². The van der Waals surface area contributed by atoms with E-state index in [0.29, 0.717) is 12.6 Å². The molecule has 0 aromatic rings. The van der Waals surface area contributed by atoms with Crippen LogP contribution in [0, 0.1) is 0 Å². The Morgan fingerprint density at radius 1 is 1.78 bits per heavy atom. The smallest absolute Gasteiger partial charge is 0.137 e. The van der Waals surface area contributed by atoms with Crippen molar-refractivity contribution in [2.24, 2.45) is 0 Å². The quantitative estimate of drug-likeness (QED) is 0.689. The fourth-order valence-corrected chi connectivity index (χ4v) is 1.62. The number of β-amino-alcohol motifs (C(OH)–C–C–N with tert-alkyl or cyclic N) is 1. The van der Waals surface area contributed by atoms with Crippen LogP contribution in [0.15, 0.2) is 0 Å². The summed E-state index contributed by atoms with van der Waals surface area (Å²) in [5.74, 6) is 0. The average molecular weight is 243 g/mol. The molecule has 0 amide bonds. The summed E-state index contributed by atoms with van der Waals surface area (Å²) in [6, 6.07) is 0.358. The highest BCUT2D eigenvalue weighted by Crippen LogP contribution is 2.18. The number of aliphatic hydroxyl groups excluding tert-OH is 1. The zero-order valence-electron chi connectivity index (χ0n) is 5.25. The molecule has 1 heterocycles. The Kier molecular flexibility index (Phi) is 2.69. The van der Waals surface area contributed by atoms with Gasteiger partial charge in [0.15, 0.2) is 0 Å². The van der Waals surface area contributed by atoms with E-state index in [1.165, 1.54) is 0 Å². The summed E-state index contributed by atoms with van der Waals surface area (Å²) in [5, 5.41) is 10.9. The molecular weight excluding hydrogens is 233 g/mol. The lowest BCUT2D eigenvalue weighted by Gasteiger charge is -2.14. The third kappa shape index (κ3) is 1.76. The largest absolute Gasteiger partial charge is 0.392 e. The third-order valence-electron chi connectivity index (χ3n) is 1.58. The van der Waals surface area contributed by atoms with Crippen LogP contribution < -0.4 is 0 Å². The van der Waals surface area contributed by atoms with Crippen LogP contribution in [-0.4, -0.2) is 28.9 Å². The second-order valence-electron chi connectivity index (χ2n) is 2.41. The van der Waals surface area contributed by atoms with Gasteiger partial charge in [0, 0.05) is 6.04 Å². The molecule has 1 N–H and O–H groups in total. The van der Waals surface area contributed by atoms with Gasteiger partial charge in [-0.3, -0.25) is 0 Å². The highest BCUT2D eigenvalue weighted by molar-refractivity contribution is 14.1. The molecule has 0 saturated carbocycles. The summed E-state index contributed by atoms with van der Waals surface area (Å²) in [4.78, 5) is 0. The molecule has 0 bridgehead atoms. The lowest BCUT2D eigenvalue weighted by Crippen LogP contribution is -2.23. The van der Waals surface area contributed by atoms with Crippen LogP contribution in [0.3, 0.4) is 0 Å². The molecule has 9 heavy (non-hydrogen) atoms. The Labute approximate surface area is 68.6 Å². The van der Waals surface area contributed by atoms with Gasteiger partial charge in [-0.15, -0.1) is 0 Å². The van der Waals surface area contributed by atoms with Crippen LogP contribution in [0.1, 0.15) is 13.3 Å². The van der Waals surface area contributed by atoms with E-state index in [2.05, 4.69) is 0 Å². The topological polar surface area (TPSA) is 32.7 Å². The van der Waals surface area contributed by atoms with Crippen LogP contribution >= 0.6 is 23.0 Å². The highest BCUT2D eigenvalue weighted by Gasteiger charge is 2.27. The standard InChI is InChI=1S/C5H10INO2/c1-4-2-5(8)3-7(4)9-6/h4-5,8H,2-3H2,1H3. The van der Waals surface area contributed by atoms with Crippen molar-refractivity contribution in [3.8, 4) is 0 Å². The minimum Gasteiger partial charge on any atom is -0.392 e. The van der Waals surface area contributed by atoms with Crippen molar-refractivity contribution >= 4 is 23.0 Å². The molecule has 54 valence electrons. The molecule has 1 rings (SSSR count). The number of nitrogens with zero attached hydrogens (tertiary/aromatic N) is 1. The summed E-state index contributed by atoms with van der Waals surface area (Å²) in [6.07, 6.45) is 0.623. The summed E-state index contributed by atoms with van der Waals surface area (Å²) in [6.45, 7) is 2.68. The van der Waals surface area contributed by atoms with E-state index in [4.69, 9.17) is 8.27 Å². The first kappa shape index (κ1) is 7.71. The predicted molar refractivity (Wildman–Crippen MR) is 41.9 cm³/mol. The third-order valence-corrected chi connectivity index (χ3v) is 2.09. The van der Waals surface area contributed by atoms with Crippen molar-refractivity contribution in [1.29, 1.82) is 0 Å². The minimum absolute atomic E-state index is 0.199. The molecule has 0 aliphatic carbocycles. The Bertz CT molecular complexity index is 101. The van der Waals surface area contributed by atoms with Gasteiger partial charge in [0.2, 0.25) is 0 Å². The van der Waals surface area contributed by atoms with Crippen molar-refractivity contribution in [3.05, 3.63) is 0 Å². The number of hydrogen-bond acceptors (Lipinski definition) is 3. The Morgan fingerprint density at radius 2 is 2.44 bits per heavy atom. The molecular formula is C5H10INO2. The Hall–Kier alpha value is 0.610. The van der Waals surface area contributed by atoms with Gasteiger partial charge in [-0.05, 0) is 13.3 Å². The van der Waals surface area contributed by atoms with Crippen molar-refractivity contribution < 1.29 is 8.27 Å². The van der Waals surface area contributed by atoms with E-state index in [9.17, 15) is 0 Å². The molecule has 0 radical (unpaired) electrons. The summed E-state index contributed by atoms with van der Waals surface area (Å²) < 4.78 is 4.94. The Balaban J connectivity index is 2.38. The molecule has 0 aromatic carbocycles. The normalized spacial score (nSPS) is 37.7. The van der Waals surface area contributed by atoms with E-state index in [1.807, 2.05) is 29.9 Å². The molecule has 1 aliphatic rings. The molecule has 2 atom stereocenters. The van der Waals surface area contributed by atoms with Crippen LogP contribution in [0.2, 0.25) is 0 Å². The lowest BCUT2D eigenvalue weighted by molar-refractivity contribution is -0.0247. The van der Waals surface area contributed by atoms with Gasteiger partial charge in [0.1, 0.15) is 23.0 Å². The maximum atomic E-state index is 9.08. The molecule has 1 saturated heterocycles. The van der Waals surface area contributed by atoms with Crippen LogP contribution in [-0.2, 0) is 3.17 Å². The first-order valence-electron chi connectivity index (χ1n) is 2.97. The lowest BCUT2D eigenvalue weighted by atomic mass is 10.2. The number of halogens is 1. The first-order valence-corrected chi connectivity index (χ1v) is 3.85.